The maximum Gasteiger partial charge on any atom is 0.339 e. The lowest BCUT2D eigenvalue weighted by molar-refractivity contribution is 0.252. The largest absolute Gasteiger partial charge is 0.463 e. The number of hydrazone groups is 1. The minimum Gasteiger partial charge on any atom is -0.463 e. The van der Waals surface area contributed by atoms with Gasteiger partial charge in [-0.1, -0.05) is 15.9 Å². The molecule has 2 rings (SSSR count). The molecule has 0 aliphatic carbocycles. The minimum absolute atomic E-state index is 0.412. The first-order valence-electron chi connectivity index (χ1n) is 5.55. The summed E-state index contributed by atoms with van der Waals surface area (Å²) in [4.78, 5) is 11.6. The molecule has 0 unspecified atom stereocenters. The summed E-state index contributed by atoms with van der Waals surface area (Å²) < 4.78 is 6.03. The lowest BCUT2D eigenvalue weighted by atomic mass is 10.2. The molecule has 0 bridgehead atoms. The molecule has 1 aromatic carbocycles. The van der Waals surface area contributed by atoms with Gasteiger partial charge >= 0.3 is 6.03 Å². The number of carbonyl (C=O) groups excluding carboxylic acids is 1. The Balaban J connectivity index is 1.89. The van der Waals surface area contributed by atoms with Crippen LogP contribution >= 0.6 is 15.9 Å². The number of halogens is 1. The Morgan fingerprint density at radius 1 is 1.42 bits per heavy atom. The fourth-order valence-electron chi connectivity index (χ4n) is 1.40. The summed E-state index contributed by atoms with van der Waals surface area (Å²) in [6.07, 6.45) is 2.96. The van der Waals surface area contributed by atoms with E-state index in [1.54, 1.807) is 18.2 Å². The molecule has 0 fully saturated rings. The van der Waals surface area contributed by atoms with Gasteiger partial charge in [-0.2, -0.15) is 5.10 Å². The Morgan fingerprint density at radius 3 is 2.95 bits per heavy atom. The standard InChI is InChI=1S/C13H12BrN3O2/c1-9-7-10(4-5-12(9)14)16-13(18)17-15-8-11-3-2-6-19-11/h2-8H,1H3,(H2,16,17,18). The lowest BCUT2D eigenvalue weighted by Gasteiger charge is -2.05. The van der Waals surface area contributed by atoms with Crippen molar-refractivity contribution in [2.24, 2.45) is 5.10 Å². The van der Waals surface area contributed by atoms with E-state index in [0.717, 1.165) is 10.0 Å². The zero-order valence-electron chi connectivity index (χ0n) is 10.2. The first-order chi connectivity index (χ1) is 9.15. The Labute approximate surface area is 118 Å². The average Bonchev–Trinajstić information content (AvgIpc) is 2.87. The fourth-order valence-corrected chi connectivity index (χ4v) is 1.65. The van der Waals surface area contributed by atoms with Crippen LogP contribution in [0, 0.1) is 6.92 Å². The Morgan fingerprint density at radius 2 is 2.26 bits per heavy atom. The van der Waals surface area contributed by atoms with Gasteiger partial charge in [-0.15, -0.1) is 0 Å². The molecule has 19 heavy (non-hydrogen) atoms. The molecule has 2 aromatic rings. The van der Waals surface area contributed by atoms with Crippen molar-refractivity contribution in [2.45, 2.75) is 6.92 Å². The lowest BCUT2D eigenvalue weighted by Crippen LogP contribution is -2.24. The van der Waals surface area contributed by atoms with Crippen molar-refractivity contribution in [1.82, 2.24) is 5.43 Å². The number of anilines is 1. The van der Waals surface area contributed by atoms with Gasteiger partial charge in [0.2, 0.25) is 0 Å². The first kappa shape index (κ1) is 13.4. The molecule has 5 nitrogen and oxygen atoms in total. The highest BCUT2D eigenvalue weighted by molar-refractivity contribution is 9.10. The van der Waals surface area contributed by atoms with Crippen LogP contribution in [0.15, 0.2) is 50.6 Å². The zero-order valence-corrected chi connectivity index (χ0v) is 11.8. The minimum atomic E-state index is -0.412. The van der Waals surface area contributed by atoms with Crippen LogP contribution in [0.2, 0.25) is 0 Å². The van der Waals surface area contributed by atoms with E-state index in [9.17, 15) is 4.79 Å². The van der Waals surface area contributed by atoms with Crippen LogP contribution < -0.4 is 10.7 Å². The van der Waals surface area contributed by atoms with Gasteiger partial charge in [0.1, 0.15) is 5.76 Å². The van der Waals surface area contributed by atoms with E-state index in [1.807, 2.05) is 19.1 Å². The summed E-state index contributed by atoms with van der Waals surface area (Å²) >= 11 is 3.40. The summed E-state index contributed by atoms with van der Waals surface area (Å²) in [5.41, 5.74) is 4.09. The maximum absolute atomic E-state index is 11.6. The Hall–Kier alpha value is -2.08. The van der Waals surface area contributed by atoms with Gasteiger partial charge in [-0.05, 0) is 42.8 Å². The molecule has 0 saturated carbocycles. The predicted octanol–water partition coefficient (Wildman–Crippen LogP) is 3.51. The second-order valence-corrected chi connectivity index (χ2v) is 4.66. The monoisotopic (exact) mass is 321 g/mol. The number of nitrogens with one attached hydrogen (secondary N) is 2. The van der Waals surface area contributed by atoms with Gasteiger partial charge in [0.15, 0.2) is 0 Å². The summed E-state index contributed by atoms with van der Waals surface area (Å²) in [5, 5.41) is 6.43. The van der Waals surface area contributed by atoms with Crippen molar-refractivity contribution in [3.8, 4) is 0 Å². The van der Waals surface area contributed by atoms with Gasteiger partial charge in [-0.25, -0.2) is 10.2 Å². The van der Waals surface area contributed by atoms with Crippen LogP contribution in [-0.2, 0) is 0 Å². The Bertz CT molecular complexity index is 594. The Kier molecular flexibility index (Phi) is 4.35. The van der Waals surface area contributed by atoms with E-state index < -0.39 is 6.03 Å². The van der Waals surface area contributed by atoms with Gasteiger partial charge in [-0.3, -0.25) is 0 Å². The number of nitrogens with zero attached hydrogens (tertiary/aromatic N) is 1. The molecule has 2 amide bonds. The third-order valence-electron chi connectivity index (χ3n) is 2.32. The summed E-state index contributed by atoms with van der Waals surface area (Å²) in [5.74, 6) is 0.569. The topological polar surface area (TPSA) is 66.6 Å². The number of hydrogen-bond donors (Lipinski definition) is 2. The fraction of sp³-hybridized carbons (Fsp3) is 0.0769. The molecule has 0 aliphatic rings. The third kappa shape index (κ3) is 3.96. The number of hydrogen-bond acceptors (Lipinski definition) is 3. The molecule has 1 heterocycles. The number of benzene rings is 1. The molecule has 0 spiro atoms. The van der Waals surface area contributed by atoms with Crippen molar-refractivity contribution in [1.29, 1.82) is 0 Å². The normalized spacial score (nSPS) is 10.6. The van der Waals surface area contributed by atoms with Gasteiger partial charge < -0.3 is 9.73 Å². The van der Waals surface area contributed by atoms with Crippen LogP contribution in [0.3, 0.4) is 0 Å². The van der Waals surface area contributed by atoms with E-state index >= 15 is 0 Å². The summed E-state index contributed by atoms with van der Waals surface area (Å²) in [7, 11) is 0. The molecule has 2 N–H and O–H groups in total. The second kappa shape index (κ2) is 6.19. The highest BCUT2D eigenvalue weighted by Gasteiger charge is 2.01. The molecule has 0 radical (unpaired) electrons. The third-order valence-corrected chi connectivity index (χ3v) is 3.21. The van der Waals surface area contributed by atoms with Gasteiger partial charge in [0, 0.05) is 10.2 Å². The molecule has 1 aromatic heterocycles. The smallest absolute Gasteiger partial charge is 0.339 e. The van der Waals surface area contributed by atoms with E-state index in [1.165, 1.54) is 12.5 Å². The highest BCUT2D eigenvalue weighted by atomic mass is 79.9. The summed E-state index contributed by atoms with van der Waals surface area (Å²) in [6, 6.07) is 8.60. The summed E-state index contributed by atoms with van der Waals surface area (Å²) in [6.45, 7) is 1.95. The van der Waals surface area contributed by atoms with Crippen LogP contribution in [0.5, 0.6) is 0 Å². The van der Waals surface area contributed by atoms with Crippen LogP contribution in [0.4, 0.5) is 10.5 Å². The molecular weight excluding hydrogens is 310 g/mol. The van der Waals surface area contributed by atoms with Crippen LogP contribution in [-0.4, -0.2) is 12.2 Å². The molecule has 0 aliphatic heterocycles. The first-order valence-corrected chi connectivity index (χ1v) is 6.34. The predicted molar refractivity (Wildman–Crippen MR) is 77.3 cm³/mol. The van der Waals surface area contributed by atoms with Gasteiger partial charge in [0.25, 0.3) is 0 Å². The molecule has 6 heteroatoms. The number of urea groups is 1. The van der Waals surface area contributed by atoms with Crippen molar-refractivity contribution in [3.05, 3.63) is 52.4 Å². The number of rotatable bonds is 3. The number of aryl methyl sites for hydroxylation is 1. The van der Waals surface area contributed by atoms with Crippen LogP contribution in [0.25, 0.3) is 0 Å². The SMILES string of the molecule is Cc1cc(NC(=O)NN=Cc2ccco2)ccc1Br. The van der Waals surface area contributed by atoms with Crippen LogP contribution in [0.1, 0.15) is 11.3 Å². The molecule has 0 saturated heterocycles. The number of furan rings is 1. The molecule has 98 valence electrons. The number of amides is 2. The molecule has 0 atom stereocenters. The van der Waals surface area contributed by atoms with Gasteiger partial charge in [0.05, 0.1) is 12.5 Å². The maximum atomic E-state index is 11.6. The van der Waals surface area contributed by atoms with E-state index in [2.05, 4.69) is 31.8 Å². The second-order valence-electron chi connectivity index (χ2n) is 3.80. The van der Waals surface area contributed by atoms with Crippen molar-refractivity contribution in [3.63, 3.8) is 0 Å². The van der Waals surface area contributed by atoms with E-state index in [0.29, 0.717) is 11.4 Å². The van der Waals surface area contributed by atoms with E-state index in [-0.39, 0.29) is 0 Å². The van der Waals surface area contributed by atoms with Crippen molar-refractivity contribution >= 4 is 33.9 Å². The number of carbonyl (C=O) groups is 1. The van der Waals surface area contributed by atoms with E-state index in [4.69, 9.17) is 4.42 Å². The zero-order chi connectivity index (χ0) is 13.7. The quantitative estimate of drug-likeness (QED) is 0.671. The van der Waals surface area contributed by atoms with Crippen molar-refractivity contribution < 1.29 is 9.21 Å². The van der Waals surface area contributed by atoms with Crippen molar-refractivity contribution in [2.75, 3.05) is 5.32 Å². The highest BCUT2D eigenvalue weighted by Crippen LogP contribution is 2.19. The average molecular weight is 322 g/mol. The molecular formula is C13H12BrN3O2.